The molecular formula is C18H29NO. The Bertz CT molecular complexity index is 344. The molecule has 2 fully saturated rings. The summed E-state index contributed by atoms with van der Waals surface area (Å²) in [6.07, 6.45) is 15.1. The second kappa shape index (κ2) is 8.43. The normalized spacial score (nSPS) is 29.8. The van der Waals surface area contributed by atoms with Gasteiger partial charge in [0, 0.05) is 19.1 Å². The fourth-order valence-corrected chi connectivity index (χ4v) is 3.50. The molecule has 1 aliphatic carbocycles. The van der Waals surface area contributed by atoms with Crippen molar-refractivity contribution >= 4 is 0 Å². The lowest BCUT2D eigenvalue weighted by molar-refractivity contribution is 0.00621. The minimum Gasteiger partial charge on any atom is -0.379 e. The third-order valence-electron chi connectivity index (χ3n) is 4.59. The molecule has 20 heavy (non-hydrogen) atoms. The van der Waals surface area contributed by atoms with Gasteiger partial charge in [-0.1, -0.05) is 37.8 Å². The summed E-state index contributed by atoms with van der Waals surface area (Å²) in [6.45, 7) is 10.1. The van der Waals surface area contributed by atoms with Crippen molar-refractivity contribution in [3.8, 4) is 0 Å². The molecule has 0 aromatic rings. The Morgan fingerprint density at radius 3 is 2.50 bits per heavy atom. The van der Waals surface area contributed by atoms with E-state index in [9.17, 15) is 0 Å². The van der Waals surface area contributed by atoms with Gasteiger partial charge >= 0.3 is 0 Å². The number of rotatable bonds is 5. The molecule has 0 spiro atoms. The van der Waals surface area contributed by atoms with Gasteiger partial charge in [-0.15, -0.1) is 0 Å². The van der Waals surface area contributed by atoms with Crippen molar-refractivity contribution in [2.24, 2.45) is 5.92 Å². The molecule has 0 radical (unpaired) electrons. The van der Waals surface area contributed by atoms with E-state index in [1.807, 2.05) is 6.08 Å². The highest BCUT2D eigenvalue weighted by Gasteiger charge is 2.27. The van der Waals surface area contributed by atoms with Gasteiger partial charge in [0.15, 0.2) is 0 Å². The van der Waals surface area contributed by atoms with Crippen molar-refractivity contribution in [2.45, 2.75) is 45.1 Å². The molecule has 0 atom stereocenters. The lowest BCUT2D eigenvalue weighted by Crippen LogP contribution is -2.45. The molecule has 1 saturated carbocycles. The van der Waals surface area contributed by atoms with Gasteiger partial charge in [-0.3, -0.25) is 4.90 Å². The maximum absolute atomic E-state index is 5.46. The van der Waals surface area contributed by atoms with Gasteiger partial charge in [0.05, 0.1) is 13.2 Å². The van der Waals surface area contributed by atoms with E-state index in [-0.39, 0.29) is 0 Å². The van der Waals surface area contributed by atoms with Crippen LogP contribution in [0.4, 0.5) is 0 Å². The summed E-state index contributed by atoms with van der Waals surface area (Å²) in [5, 5.41) is 0. The van der Waals surface area contributed by atoms with E-state index in [4.69, 9.17) is 4.74 Å². The van der Waals surface area contributed by atoms with Crippen LogP contribution in [0.2, 0.25) is 0 Å². The van der Waals surface area contributed by atoms with Crippen LogP contribution in [0.5, 0.6) is 0 Å². The summed E-state index contributed by atoms with van der Waals surface area (Å²) >= 11 is 0. The standard InChI is InChI=1S/C18H29NO/c1-3-5-7-16(6-4-2)17-8-10-18(11-9-17)19-12-14-20-15-13-19/h3,5-7,17-18H,1,4,8-15H2,2H3/b7-5-,16-6+. The third-order valence-corrected chi connectivity index (χ3v) is 4.59. The smallest absolute Gasteiger partial charge is 0.0594 e. The first-order valence-electron chi connectivity index (χ1n) is 8.16. The monoisotopic (exact) mass is 275 g/mol. The van der Waals surface area contributed by atoms with Gasteiger partial charge in [0.1, 0.15) is 0 Å². The van der Waals surface area contributed by atoms with E-state index in [1.54, 1.807) is 0 Å². The summed E-state index contributed by atoms with van der Waals surface area (Å²) < 4.78 is 5.46. The molecule has 2 rings (SSSR count). The molecule has 2 heteroatoms. The number of hydrogen-bond donors (Lipinski definition) is 0. The Kier molecular flexibility index (Phi) is 6.55. The number of allylic oxidation sites excluding steroid dienone is 5. The Balaban J connectivity index is 1.87. The maximum atomic E-state index is 5.46. The van der Waals surface area contributed by atoms with Crippen LogP contribution in [0.1, 0.15) is 39.0 Å². The number of nitrogens with zero attached hydrogens (tertiary/aromatic N) is 1. The lowest BCUT2D eigenvalue weighted by Gasteiger charge is -2.39. The molecule has 0 aromatic carbocycles. The van der Waals surface area contributed by atoms with Gasteiger partial charge in [-0.05, 0) is 43.6 Å². The predicted molar refractivity (Wildman–Crippen MR) is 85.8 cm³/mol. The van der Waals surface area contributed by atoms with Crippen LogP contribution >= 0.6 is 0 Å². The SMILES string of the molecule is C=C/C=C\C(=C/CC)C1CCC(N2CCOCC2)CC1. The van der Waals surface area contributed by atoms with E-state index < -0.39 is 0 Å². The lowest BCUT2D eigenvalue weighted by atomic mass is 9.80. The molecule has 2 aliphatic rings. The predicted octanol–water partition coefficient (Wildman–Crippen LogP) is 3.96. The highest BCUT2D eigenvalue weighted by molar-refractivity contribution is 5.24. The van der Waals surface area contributed by atoms with E-state index in [1.165, 1.54) is 31.3 Å². The van der Waals surface area contributed by atoms with Crippen LogP contribution in [-0.4, -0.2) is 37.2 Å². The quantitative estimate of drug-likeness (QED) is 0.704. The average Bonchev–Trinajstić information content (AvgIpc) is 2.52. The molecule has 2 nitrogen and oxygen atoms in total. The second-order valence-corrected chi connectivity index (χ2v) is 5.86. The van der Waals surface area contributed by atoms with Crippen molar-refractivity contribution in [3.63, 3.8) is 0 Å². The first kappa shape index (κ1) is 15.5. The Labute approximate surface area is 124 Å². The first-order chi connectivity index (χ1) is 9.85. The molecule has 112 valence electrons. The van der Waals surface area contributed by atoms with Gasteiger partial charge < -0.3 is 4.74 Å². The van der Waals surface area contributed by atoms with Crippen LogP contribution in [-0.2, 0) is 4.74 Å². The van der Waals surface area contributed by atoms with Crippen LogP contribution in [0.25, 0.3) is 0 Å². The molecule has 1 heterocycles. The molecule has 0 aromatic heterocycles. The number of ether oxygens (including phenoxy) is 1. The zero-order valence-corrected chi connectivity index (χ0v) is 12.9. The molecule has 0 unspecified atom stereocenters. The van der Waals surface area contributed by atoms with Crippen molar-refractivity contribution in [3.05, 3.63) is 36.5 Å². The summed E-state index contributed by atoms with van der Waals surface area (Å²) in [5.41, 5.74) is 1.52. The Morgan fingerprint density at radius 2 is 1.90 bits per heavy atom. The van der Waals surface area contributed by atoms with Gasteiger partial charge in [-0.2, -0.15) is 0 Å². The largest absolute Gasteiger partial charge is 0.379 e. The maximum Gasteiger partial charge on any atom is 0.0594 e. The molecule has 0 N–H and O–H groups in total. The highest BCUT2D eigenvalue weighted by Crippen LogP contribution is 2.33. The molecule has 1 aliphatic heterocycles. The van der Waals surface area contributed by atoms with Crippen molar-refractivity contribution < 1.29 is 4.74 Å². The van der Waals surface area contributed by atoms with E-state index >= 15 is 0 Å². The number of hydrogen-bond acceptors (Lipinski definition) is 2. The average molecular weight is 275 g/mol. The second-order valence-electron chi connectivity index (χ2n) is 5.86. The number of morpholine rings is 1. The zero-order valence-electron chi connectivity index (χ0n) is 12.9. The Hall–Kier alpha value is -0.860. The minimum atomic E-state index is 0.753. The van der Waals surface area contributed by atoms with Crippen LogP contribution in [0.3, 0.4) is 0 Å². The van der Waals surface area contributed by atoms with E-state index in [0.29, 0.717) is 0 Å². The van der Waals surface area contributed by atoms with Crippen LogP contribution in [0.15, 0.2) is 36.5 Å². The van der Waals surface area contributed by atoms with Gasteiger partial charge in [0.25, 0.3) is 0 Å². The fraction of sp³-hybridized carbons (Fsp3) is 0.667. The topological polar surface area (TPSA) is 12.5 Å². The third kappa shape index (κ3) is 4.32. The summed E-state index contributed by atoms with van der Waals surface area (Å²) in [4.78, 5) is 2.64. The van der Waals surface area contributed by atoms with Crippen molar-refractivity contribution in [1.29, 1.82) is 0 Å². The van der Waals surface area contributed by atoms with Crippen LogP contribution in [0, 0.1) is 5.92 Å². The molecule has 0 amide bonds. The van der Waals surface area contributed by atoms with Crippen molar-refractivity contribution in [1.82, 2.24) is 4.90 Å². The first-order valence-corrected chi connectivity index (χ1v) is 8.16. The van der Waals surface area contributed by atoms with Gasteiger partial charge in [-0.25, -0.2) is 0 Å². The summed E-state index contributed by atoms with van der Waals surface area (Å²) in [7, 11) is 0. The summed E-state index contributed by atoms with van der Waals surface area (Å²) in [6, 6.07) is 0.793. The minimum absolute atomic E-state index is 0.753. The molecule has 0 bridgehead atoms. The molecule has 1 saturated heterocycles. The highest BCUT2D eigenvalue weighted by atomic mass is 16.5. The van der Waals surface area contributed by atoms with E-state index in [0.717, 1.165) is 44.7 Å². The molecular weight excluding hydrogens is 246 g/mol. The Morgan fingerprint density at radius 1 is 1.20 bits per heavy atom. The van der Waals surface area contributed by atoms with Crippen molar-refractivity contribution in [2.75, 3.05) is 26.3 Å². The zero-order chi connectivity index (χ0) is 14.2. The van der Waals surface area contributed by atoms with Gasteiger partial charge in [0.2, 0.25) is 0 Å². The fourth-order valence-electron chi connectivity index (χ4n) is 3.50. The van der Waals surface area contributed by atoms with Crippen LogP contribution < -0.4 is 0 Å². The summed E-state index contributed by atoms with van der Waals surface area (Å²) in [5.74, 6) is 0.753. The van der Waals surface area contributed by atoms with E-state index in [2.05, 4.69) is 36.6 Å².